The van der Waals surface area contributed by atoms with Crippen molar-refractivity contribution < 1.29 is 13.2 Å². The zero-order valence-corrected chi connectivity index (χ0v) is 19.3. The highest BCUT2D eigenvalue weighted by Gasteiger charge is 2.29. The Kier molecular flexibility index (Phi) is 6.26. The number of nitrogens with one attached hydrogen (secondary N) is 1. The lowest BCUT2D eigenvalue weighted by Gasteiger charge is -2.28. The van der Waals surface area contributed by atoms with Crippen LogP contribution in [0.25, 0.3) is 10.2 Å². The second kappa shape index (κ2) is 8.41. The summed E-state index contributed by atoms with van der Waals surface area (Å²) in [5.41, 5.74) is 1.62. The summed E-state index contributed by atoms with van der Waals surface area (Å²) in [6, 6.07) is 10.4. The minimum atomic E-state index is -3.73. The topological polar surface area (TPSA) is 88.5 Å². The molecule has 1 aromatic heterocycles. The quantitative estimate of drug-likeness (QED) is 0.591. The molecule has 3 aromatic rings. The molecule has 2 aromatic carbocycles. The van der Waals surface area contributed by atoms with Crippen LogP contribution in [0.5, 0.6) is 0 Å². The van der Waals surface area contributed by atoms with Gasteiger partial charge in [-0.2, -0.15) is 0 Å². The first-order valence-corrected chi connectivity index (χ1v) is 12.2. The van der Waals surface area contributed by atoms with Crippen LogP contribution in [0.1, 0.15) is 26.8 Å². The van der Waals surface area contributed by atoms with Gasteiger partial charge >= 0.3 is 4.87 Å². The monoisotopic (exact) mass is 467 g/mol. The van der Waals surface area contributed by atoms with E-state index in [1.807, 2.05) is 13.8 Å². The van der Waals surface area contributed by atoms with Crippen LogP contribution in [0.15, 0.2) is 47.3 Å². The van der Waals surface area contributed by atoms with Gasteiger partial charge in [0.2, 0.25) is 15.9 Å². The minimum Gasteiger partial charge on any atom is -0.324 e. The number of carbonyl (C=O) groups excluding carboxylic acids is 1. The smallest absolute Gasteiger partial charge is 0.308 e. The third-order valence-corrected chi connectivity index (χ3v) is 6.98. The lowest BCUT2D eigenvalue weighted by atomic mass is 10.2. The average Bonchev–Trinajstić information content (AvgIpc) is 2.97. The fraction of sp³-hybridized carbons (Fsp3) is 0.300. The highest BCUT2D eigenvalue weighted by molar-refractivity contribution is 7.92. The molecule has 1 amide bonds. The van der Waals surface area contributed by atoms with Crippen LogP contribution in [0.3, 0.4) is 0 Å². The summed E-state index contributed by atoms with van der Waals surface area (Å²) in [6.07, 6.45) is 1.05. The van der Waals surface area contributed by atoms with Crippen LogP contribution in [0.2, 0.25) is 5.02 Å². The molecule has 0 aliphatic rings. The maximum Gasteiger partial charge on any atom is 0.308 e. The van der Waals surface area contributed by atoms with Gasteiger partial charge < -0.3 is 5.32 Å². The van der Waals surface area contributed by atoms with E-state index in [9.17, 15) is 18.0 Å². The van der Waals surface area contributed by atoms with E-state index in [0.29, 0.717) is 16.4 Å². The zero-order valence-electron chi connectivity index (χ0n) is 16.9. The fourth-order valence-corrected chi connectivity index (χ4v) is 5.60. The third-order valence-electron chi connectivity index (χ3n) is 4.57. The molecule has 3 rings (SSSR count). The molecule has 0 saturated heterocycles. The molecule has 0 aliphatic carbocycles. The maximum absolute atomic E-state index is 12.9. The van der Waals surface area contributed by atoms with Crippen molar-refractivity contribution >= 4 is 60.5 Å². The highest BCUT2D eigenvalue weighted by atomic mass is 35.5. The molecule has 10 heteroatoms. The number of aromatic nitrogens is 1. The van der Waals surface area contributed by atoms with Gasteiger partial charge in [-0.25, -0.2) is 8.42 Å². The Balaban J connectivity index is 1.90. The summed E-state index contributed by atoms with van der Waals surface area (Å²) in [5, 5.41) is 3.21. The number of amides is 1. The SMILES string of the molecule is CC(C)n1c(=O)sc2cc(NC(=O)[C@@H](C)N(c3ccc(Cl)cc3)S(C)(=O)=O)ccc21. The summed E-state index contributed by atoms with van der Waals surface area (Å²) in [5.74, 6) is -0.495. The Bertz CT molecular complexity index is 1250. The van der Waals surface area contributed by atoms with Crippen molar-refractivity contribution in [3.8, 4) is 0 Å². The van der Waals surface area contributed by atoms with Gasteiger partial charge in [-0.15, -0.1) is 0 Å². The number of halogens is 1. The summed E-state index contributed by atoms with van der Waals surface area (Å²) in [4.78, 5) is 25.0. The van der Waals surface area contributed by atoms with E-state index in [-0.39, 0.29) is 10.9 Å². The Morgan fingerprint density at radius 1 is 1.13 bits per heavy atom. The predicted molar refractivity (Wildman–Crippen MR) is 123 cm³/mol. The molecule has 160 valence electrons. The predicted octanol–water partition coefficient (Wildman–Crippen LogP) is 4.09. The minimum absolute atomic E-state index is 0.0226. The Hall–Kier alpha value is -2.36. The number of rotatable bonds is 6. The molecule has 30 heavy (non-hydrogen) atoms. The average molecular weight is 468 g/mol. The van der Waals surface area contributed by atoms with Crippen LogP contribution in [-0.2, 0) is 14.8 Å². The molecule has 0 unspecified atom stereocenters. The fourth-order valence-electron chi connectivity index (χ4n) is 3.25. The lowest BCUT2D eigenvalue weighted by Crippen LogP contribution is -2.45. The lowest BCUT2D eigenvalue weighted by molar-refractivity contribution is -0.116. The molecule has 0 bridgehead atoms. The van der Waals surface area contributed by atoms with E-state index >= 15 is 0 Å². The Labute approximate surface area is 183 Å². The number of sulfonamides is 1. The van der Waals surface area contributed by atoms with Crippen LogP contribution < -0.4 is 14.5 Å². The molecular formula is C20H22ClN3O4S2. The number of anilines is 2. The molecule has 1 atom stereocenters. The number of hydrogen-bond acceptors (Lipinski definition) is 5. The van der Waals surface area contributed by atoms with Gasteiger partial charge in [0.25, 0.3) is 0 Å². The largest absolute Gasteiger partial charge is 0.324 e. The van der Waals surface area contributed by atoms with E-state index in [1.54, 1.807) is 47.0 Å². The summed E-state index contributed by atoms with van der Waals surface area (Å²) < 4.78 is 28.2. The zero-order chi connectivity index (χ0) is 22.2. The van der Waals surface area contributed by atoms with Gasteiger partial charge in [0.05, 0.1) is 22.2 Å². The van der Waals surface area contributed by atoms with Crippen LogP contribution in [-0.4, -0.2) is 31.2 Å². The summed E-state index contributed by atoms with van der Waals surface area (Å²) in [6.45, 7) is 5.38. The summed E-state index contributed by atoms with van der Waals surface area (Å²) >= 11 is 6.99. The number of carbonyl (C=O) groups is 1. The van der Waals surface area contributed by atoms with Crippen LogP contribution in [0, 0.1) is 0 Å². The molecule has 7 nitrogen and oxygen atoms in total. The normalized spacial score (nSPS) is 12.9. The standard InChI is InChI=1S/C20H22ClN3O4S2/c1-12(2)23-17-10-7-15(11-18(17)29-20(23)26)22-19(25)13(3)24(30(4,27)28)16-8-5-14(21)6-9-16/h5-13H,1-4H3,(H,22,25)/t13-/m1/s1. The molecule has 0 fully saturated rings. The molecule has 0 spiro atoms. The van der Waals surface area contributed by atoms with Crippen molar-refractivity contribution in [1.29, 1.82) is 0 Å². The van der Waals surface area contributed by atoms with E-state index in [0.717, 1.165) is 32.1 Å². The van der Waals surface area contributed by atoms with E-state index in [2.05, 4.69) is 5.32 Å². The number of thiazole rings is 1. The first-order valence-electron chi connectivity index (χ1n) is 9.20. The Morgan fingerprint density at radius 2 is 1.77 bits per heavy atom. The van der Waals surface area contributed by atoms with Crippen molar-refractivity contribution in [2.75, 3.05) is 15.9 Å². The maximum atomic E-state index is 12.9. The Morgan fingerprint density at radius 3 is 2.33 bits per heavy atom. The number of nitrogens with zero attached hydrogens (tertiary/aromatic N) is 2. The molecule has 1 N–H and O–H groups in total. The first-order chi connectivity index (χ1) is 14.0. The second-order valence-corrected chi connectivity index (χ2v) is 10.5. The van der Waals surface area contributed by atoms with E-state index in [1.165, 1.54) is 6.92 Å². The van der Waals surface area contributed by atoms with Gasteiger partial charge in [-0.1, -0.05) is 22.9 Å². The first kappa shape index (κ1) is 22.3. The second-order valence-electron chi connectivity index (χ2n) is 7.21. The van der Waals surface area contributed by atoms with Gasteiger partial charge in [0.15, 0.2) is 0 Å². The van der Waals surface area contributed by atoms with Crippen LogP contribution in [0.4, 0.5) is 11.4 Å². The van der Waals surface area contributed by atoms with Crippen molar-refractivity contribution in [3.05, 3.63) is 57.2 Å². The molecule has 0 radical (unpaired) electrons. The molecule has 1 heterocycles. The van der Waals surface area contributed by atoms with E-state index < -0.39 is 22.0 Å². The van der Waals surface area contributed by atoms with Gasteiger partial charge in [-0.3, -0.25) is 18.5 Å². The number of hydrogen-bond donors (Lipinski definition) is 1. The number of fused-ring (bicyclic) bond motifs is 1. The molecule has 0 saturated carbocycles. The third kappa shape index (κ3) is 4.53. The van der Waals surface area contributed by atoms with Crippen molar-refractivity contribution in [3.63, 3.8) is 0 Å². The van der Waals surface area contributed by atoms with Crippen molar-refractivity contribution in [2.45, 2.75) is 32.9 Å². The van der Waals surface area contributed by atoms with E-state index in [4.69, 9.17) is 11.6 Å². The summed E-state index contributed by atoms with van der Waals surface area (Å²) in [7, 11) is -3.73. The highest BCUT2D eigenvalue weighted by Crippen LogP contribution is 2.26. The van der Waals surface area contributed by atoms with Gasteiger partial charge in [0, 0.05) is 16.8 Å². The van der Waals surface area contributed by atoms with Crippen molar-refractivity contribution in [1.82, 2.24) is 4.57 Å². The molecule has 0 aliphatic heterocycles. The number of benzene rings is 2. The van der Waals surface area contributed by atoms with Gasteiger partial charge in [-0.05, 0) is 63.2 Å². The van der Waals surface area contributed by atoms with Crippen LogP contribution >= 0.6 is 22.9 Å². The van der Waals surface area contributed by atoms with Gasteiger partial charge in [0.1, 0.15) is 6.04 Å². The van der Waals surface area contributed by atoms with Crippen molar-refractivity contribution in [2.24, 2.45) is 0 Å². The molecular weight excluding hydrogens is 446 g/mol.